The van der Waals surface area contributed by atoms with E-state index in [1.807, 2.05) is 0 Å². The predicted molar refractivity (Wildman–Crippen MR) is 74.5 cm³/mol. The first-order chi connectivity index (χ1) is 10.3. The van der Waals surface area contributed by atoms with Crippen LogP contribution in [0.5, 0.6) is 0 Å². The number of carbonyl (C=O) groups excluding carboxylic acids is 1. The van der Waals surface area contributed by atoms with Crippen LogP contribution in [0.4, 0.5) is 0 Å². The van der Waals surface area contributed by atoms with E-state index in [0.29, 0.717) is 19.6 Å². The molecule has 0 aromatic carbocycles. The fourth-order valence-electron chi connectivity index (χ4n) is 1.64. The highest BCUT2D eigenvalue weighted by atomic mass is 16.4. The Morgan fingerprint density at radius 1 is 1.14 bits per heavy atom. The molecule has 0 aromatic heterocycles. The van der Waals surface area contributed by atoms with Crippen LogP contribution >= 0.6 is 0 Å². The van der Waals surface area contributed by atoms with Crippen molar-refractivity contribution in [3.63, 3.8) is 0 Å². The number of carboxylic acids is 3. The topological polar surface area (TPSA) is 147 Å². The van der Waals surface area contributed by atoms with Gasteiger partial charge in [-0.3, -0.25) is 24.1 Å². The smallest absolute Gasteiger partial charge is 0.323 e. The van der Waals surface area contributed by atoms with Crippen molar-refractivity contribution in [1.82, 2.24) is 15.1 Å². The minimum Gasteiger partial charge on any atom is -0.480 e. The molecule has 4 N–H and O–H groups in total. The number of likely N-dealkylation sites (N-methyl/N-ethyl adjacent to an activating group) is 1. The SMILES string of the molecule is CCN(CC(=O)O)CC(=O)O.O=C(O)CN1CCNCC1=O. The summed E-state index contributed by atoms with van der Waals surface area (Å²) in [6.07, 6.45) is 0. The molecule has 22 heavy (non-hydrogen) atoms. The first-order valence-electron chi connectivity index (χ1n) is 6.62. The molecule has 0 atom stereocenters. The maximum absolute atomic E-state index is 10.9. The standard InChI is InChI=1S/C6H10N2O3.C6H11NO4/c9-5-3-7-1-2-8(5)4-6(10)11;1-2-7(3-5(8)9)4-6(10)11/h7H,1-4H2,(H,10,11);2-4H2,1H3,(H,8,9)(H,10,11). The van der Waals surface area contributed by atoms with Crippen LogP contribution < -0.4 is 5.32 Å². The van der Waals surface area contributed by atoms with Crippen molar-refractivity contribution < 1.29 is 34.5 Å². The van der Waals surface area contributed by atoms with Gasteiger partial charge in [-0.2, -0.15) is 0 Å². The third-order valence-corrected chi connectivity index (χ3v) is 2.68. The zero-order valence-corrected chi connectivity index (χ0v) is 12.3. The van der Waals surface area contributed by atoms with Crippen LogP contribution in [0.1, 0.15) is 6.92 Å². The Kier molecular flexibility index (Phi) is 9.46. The van der Waals surface area contributed by atoms with Crippen molar-refractivity contribution in [2.24, 2.45) is 0 Å². The molecule has 10 heteroatoms. The quantitative estimate of drug-likeness (QED) is 0.417. The third kappa shape index (κ3) is 9.66. The number of rotatable bonds is 7. The van der Waals surface area contributed by atoms with E-state index in [2.05, 4.69) is 5.32 Å². The Bertz CT molecular complexity index is 398. The van der Waals surface area contributed by atoms with Gasteiger partial charge in [0.05, 0.1) is 19.6 Å². The monoisotopic (exact) mass is 319 g/mol. The summed E-state index contributed by atoms with van der Waals surface area (Å²) in [7, 11) is 0. The molecule has 1 rings (SSSR count). The molecule has 1 saturated heterocycles. The molecule has 0 radical (unpaired) electrons. The lowest BCUT2D eigenvalue weighted by Crippen LogP contribution is -2.49. The Labute approximate surface area is 127 Å². The Morgan fingerprint density at radius 2 is 1.68 bits per heavy atom. The lowest BCUT2D eigenvalue weighted by atomic mass is 10.3. The van der Waals surface area contributed by atoms with Gasteiger partial charge in [0, 0.05) is 13.1 Å². The highest BCUT2D eigenvalue weighted by Gasteiger charge is 2.19. The summed E-state index contributed by atoms with van der Waals surface area (Å²) < 4.78 is 0. The number of amides is 1. The molecule has 1 amide bonds. The van der Waals surface area contributed by atoms with Crippen molar-refractivity contribution in [2.75, 3.05) is 45.8 Å². The zero-order chi connectivity index (χ0) is 17.1. The molecule has 1 fully saturated rings. The second-order valence-corrected chi connectivity index (χ2v) is 4.48. The summed E-state index contributed by atoms with van der Waals surface area (Å²) in [5.74, 6) is -3.11. The zero-order valence-electron chi connectivity index (χ0n) is 12.3. The molecule has 126 valence electrons. The first kappa shape index (κ1) is 19.8. The summed E-state index contributed by atoms with van der Waals surface area (Å²) in [4.78, 5) is 44.0. The van der Waals surface area contributed by atoms with Gasteiger partial charge >= 0.3 is 17.9 Å². The molecule has 0 bridgehead atoms. The molecule has 0 aliphatic carbocycles. The van der Waals surface area contributed by atoms with Crippen LogP contribution in [-0.4, -0.2) is 94.7 Å². The van der Waals surface area contributed by atoms with Crippen molar-refractivity contribution in [3.8, 4) is 0 Å². The van der Waals surface area contributed by atoms with E-state index >= 15 is 0 Å². The van der Waals surface area contributed by atoms with Crippen molar-refractivity contribution in [1.29, 1.82) is 0 Å². The number of carbonyl (C=O) groups is 4. The molecule has 0 spiro atoms. The number of nitrogens with zero attached hydrogens (tertiary/aromatic N) is 2. The summed E-state index contributed by atoms with van der Waals surface area (Å²) in [6, 6.07) is 0. The van der Waals surface area contributed by atoms with E-state index < -0.39 is 17.9 Å². The molecular weight excluding hydrogens is 298 g/mol. The average molecular weight is 319 g/mol. The van der Waals surface area contributed by atoms with Gasteiger partial charge in [-0.05, 0) is 6.54 Å². The molecule has 1 aliphatic rings. The van der Waals surface area contributed by atoms with Gasteiger partial charge in [0.15, 0.2) is 0 Å². The van der Waals surface area contributed by atoms with E-state index in [4.69, 9.17) is 15.3 Å². The highest BCUT2D eigenvalue weighted by Crippen LogP contribution is 1.92. The second-order valence-electron chi connectivity index (χ2n) is 4.48. The van der Waals surface area contributed by atoms with Gasteiger partial charge in [-0.25, -0.2) is 0 Å². The number of hydrogen-bond acceptors (Lipinski definition) is 6. The molecule has 0 saturated carbocycles. The van der Waals surface area contributed by atoms with Crippen LogP contribution in [0.2, 0.25) is 0 Å². The van der Waals surface area contributed by atoms with E-state index in [0.717, 1.165) is 0 Å². The Balaban J connectivity index is 0.000000401. The van der Waals surface area contributed by atoms with Gasteiger partial charge in [0.25, 0.3) is 0 Å². The van der Waals surface area contributed by atoms with Crippen LogP contribution in [0.25, 0.3) is 0 Å². The van der Waals surface area contributed by atoms with Crippen molar-refractivity contribution in [3.05, 3.63) is 0 Å². The molecule has 1 aliphatic heterocycles. The predicted octanol–water partition coefficient (Wildman–Crippen LogP) is -2.02. The normalized spacial score (nSPS) is 14.3. The van der Waals surface area contributed by atoms with E-state index in [1.165, 1.54) is 9.80 Å². The lowest BCUT2D eigenvalue weighted by Gasteiger charge is -2.25. The van der Waals surface area contributed by atoms with E-state index in [1.54, 1.807) is 6.92 Å². The summed E-state index contributed by atoms with van der Waals surface area (Å²) in [5.41, 5.74) is 0. The molecule has 0 unspecified atom stereocenters. The summed E-state index contributed by atoms with van der Waals surface area (Å²) in [5, 5.41) is 27.8. The largest absolute Gasteiger partial charge is 0.480 e. The van der Waals surface area contributed by atoms with Crippen LogP contribution in [0.15, 0.2) is 0 Å². The maximum atomic E-state index is 10.9. The van der Waals surface area contributed by atoms with E-state index in [9.17, 15) is 19.2 Å². The van der Waals surface area contributed by atoms with Crippen molar-refractivity contribution in [2.45, 2.75) is 6.92 Å². The van der Waals surface area contributed by atoms with E-state index in [-0.39, 0.29) is 32.1 Å². The van der Waals surface area contributed by atoms with Gasteiger partial charge < -0.3 is 25.5 Å². The first-order valence-corrected chi connectivity index (χ1v) is 6.62. The Morgan fingerprint density at radius 3 is 2.05 bits per heavy atom. The van der Waals surface area contributed by atoms with Crippen LogP contribution in [-0.2, 0) is 19.2 Å². The number of nitrogens with one attached hydrogen (secondary N) is 1. The number of hydrogen-bond donors (Lipinski definition) is 4. The van der Waals surface area contributed by atoms with Crippen LogP contribution in [0, 0.1) is 0 Å². The fourth-order valence-corrected chi connectivity index (χ4v) is 1.64. The maximum Gasteiger partial charge on any atom is 0.323 e. The minimum absolute atomic E-state index is 0.140. The van der Waals surface area contributed by atoms with Gasteiger partial charge in [-0.15, -0.1) is 0 Å². The Hall–Kier alpha value is -2.20. The fraction of sp³-hybridized carbons (Fsp3) is 0.667. The van der Waals surface area contributed by atoms with Crippen molar-refractivity contribution >= 4 is 23.8 Å². The highest BCUT2D eigenvalue weighted by molar-refractivity contribution is 5.83. The molecular formula is C12H21N3O7. The molecule has 1 heterocycles. The molecule has 10 nitrogen and oxygen atoms in total. The summed E-state index contributed by atoms with van der Waals surface area (Å²) >= 11 is 0. The number of aliphatic carboxylic acids is 3. The van der Waals surface area contributed by atoms with Crippen LogP contribution in [0.3, 0.4) is 0 Å². The summed E-state index contributed by atoms with van der Waals surface area (Å²) in [6.45, 7) is 2.95. The van der Waals surface area contributed by atoms with Gasteiger partial charge in [0.2, 0.25) is 5.91 Å². The average Bonchev–Trinajstić information content (AvgIpc) is 2.40. The van der Waals surface area contributed by atoms with Gasteiger partial charge in [0.1, 0.15) is 6.54 Å². The number of carboxylic acid groups (broad SMARTS) is 3. The second kappa shape index (κ2) is 10.5. The minimum atomic E-state index is -1.01. The molecule has 0 aromatic rings. The lowest BCUT2D eigenvalue weighted by molar-refractivity contribution is -0.145. The number of piperazine rings is 1. The van der Waals surface area contributed by atoms with Gasteiger partial charge in [-0.1, -0.05) is 6.92 Å². The third-order valence-electron chi connectivity index (χ3n) is 2.68.